The molecular formula is C12H11N3O5. The number of carbonyl (C=O) groups is 2. The van der Waals surface area contributed by atoms with Crippen molar-refractivity contribution in [1.82, 2.24) is 0 Å². The summed E-state index contributed by atoms with van der Waals surface area (Å²) in [7, 11) is 0. The monoisotopic (exact) mass is 277 g/mol. The number of anilines is 1. The zero-order valence-electron chi connectivity index (χ0n) is 10.5. The minimum absolute atomic E-state index is 0.0368. The minimum Gasteiger partial charge on any atom is -0.481 e. The number of nitro groups is 1. The van der Waals surface area contributed by atoms with Crippen LogP contribution in [0.5, 0.6) is 0 Å². The summed E-state index contributed by atoms with van der Waals surface area (Å²) in [6, 6.07) is 5.69. The van der Waals surface area contributed by atoms with Crippen molar-refractivity contribution >= 4 is 29.0 Å². The van der Waals surface area contributed by atoms with E-state index < -0.39 is 22.7 Å². The van der Waals surface area contributed by atoms with Crippen LogP contribution < -0.4 is 5.01 Å². The Labute approximate surface area is 113 Å². The molecule has 0 saturated heterocycles. The number of para-hydroxylation sites is 2. The van der Waals surface area contributed by atoms with Crippen LogP contribution in [0.4, 0.5) is 11.4 Å². The van der Waals surface area contributed by atoms with Gasteiger partial charge in [-0.25, -0.2) is 0 Å². The van der Waals surface area contributed by atoms with Gasteiger partial charge in [-0.15, -0.1) is 0 Å². The van der Waals surface area contributed by atoms with Gasteiger partial charge in [-0.3, -0.25) is 19.7 Å². The summed E-state index contributed by atoms with van der Waals surface area (Å²) in [5, 5.41) is 24.6. The average Bonchev–Trinajstić information content (AvgIpc) is 2.66. The SMILES string of the molecule is CC1=NN(c2ccccc2[N+](=O)[O-])C(=O)C1CC(=O)O. The molecule has 8 nitrogen and oxygen atoms in total. The minimum atomic E-state index is -1.12. The lowest BCUT2D eigenvalue weighted by Gasteiger charge is -2.13. The average molecular weight is 277 g/mol. The molecule has 0 fully saturated rings. The third kappa shape index (κ3) is 2.35. The Kier molecular flexibility index (Phi) is 3.47. The van der Waals surface area contributed by atoms with Crippen LogP contribution >= 0.6 is 0 Å². The molecule has 0 spiro atoms. The number of nitro benzene ring substituents is 1. The molecule has 104 valence electrons. The molecule has 1 aliphatic rings. The van der Waals surface area contributed by atoms with Gasteiger partial charge >= 0.3 is 5.97 Å². The number of rotatable bonds is 4. The molecule has 0 aromatic heterocycles. The lowest BCUT2D eigenvalue weighted by atomic mass is 10.0. The number of nitrogens with zero attached hydrogens (tertiary/aromatic N) is 3. The lowest BCUT2D eigenvalue weighted by molar-refractivity contribution is -0.384. The Morgan fingerprint density at radius 1 is 1.50 bits per heavy atom. The van der Waals surface area contributed by atoms with Crippen LogP contribution in [0.1, 0.15) is 13.3 Å². The summed E-state index contributed by atoms with van der Waals surface area (Å²) >= 11 is 0. The van der Waals surface area contributed by atoms with Gasteiger partial charge in [0.2, 0.25) is 0 Å². The van der Waals surface area contributed by atoms with Crippen molar-refractivity contribution < 1.29 is 19.6 Å². The van der Waals surface area contributed by atoms with Crippen molar-refractivity contribution in [2.45, 2.75) is 13.3 Å². The van der Waals surface area contributed by atoms with E-state index in [1.54, 1.807) is 6.07 Å². The quantitative estimate of drug-likeness (QED) is 0.660. The number of hydrazone groups is 1. The van der Waals surface area contributed by atoms with Crippen LogP contribution in [0.2, 0.25) is 0 Å². The van der Waals surface area contributed by atoms with Crippen molar-refractivity contribution in [3.63, 3.8) is 0 Å². The normalized spacial score (nSPS) is 18.1. The Morgan fingerprint density at radius 2 is 2.15 bits per heavy atom. The molecule has 0 radical (unpaired) electrons. The molecule has 1 aromatic carbocycles. The molecule has 20 heavy (non-hydrogen) atoms. The fourth-order valence-electron chi connectivity index (χ4n) is 1.98. The van der Waals surface area contributed by atoms with Gasteiger partial charge in [-0.2, -0.15) is 10.1 Å². The van der Waals surface area contributed by atoms with Crippen molar-refractivity contribution in [1.29, 1.82) is 0 Å². The number of carbonyl (C=O) groups excluding carboxylic acids is 1. The third-order valence-corrected chi connectivity index (χ3v) is 2.95. The Balaban J connectivity index is 2.39. The van der Waals surface area contributed by atoms with Gasteiger partial charge in [0, 0.05) is 11.8 Å². The van der Waals surface area contributed by atoms with E-state index in [0.717, 1.165) is 5.01 Å². The molecule has 0 saturated carbocycles. The van der Waals surface area contributed by atoms with Crippen LogP contribution in [0, 0.1) is 16.0 Å². The highest BCUT2D eigenvalue weighted by Gasteiger charge is 2.38. The Morgan fingerprint density at radius 3 is 2.75 bits per heavy atom. The van der Waals surface area contributed by atoms with Crippen molar-refractivity contribution in [2.24, 2.45) is 11.0 Å². The van der Waals surface area contributed by atoms with Crippen LogP contribution in [0.3, 0.4) is 0 Å². The van der Waals surface area contributed by atoms with E-state index in [1.165, 1.54) is 25.1 Å². The largest absolute Gasteiger partial charge is 0.481 e. The predicted molar refractivity (Wildman–Crippen MR) is 69.4 cm³/mol. The fraction of sp³-hybridized carbons (Fsp3) is 0.250. The summed E-state index contributed by atoms with van der Waals surface area (Å²) in [6.45, 7) is 1.53. The number of amides is 1. The van der Waals surface area contributed by atoms with Gasteiger partial charge in [0.05, 0.1) is 17.3 Å². The van der Waals surface area contributed by atoms with E-state index in [2.05, 4.69) is 5.10 Å². The number of carboxylic acid groups (broad SMARTS) is 1. The summed E-state index contributed by atoms with van der Waals surface area (Å²) < 4.78 is 0. The van der Waals surface area contributed by atoms with Crippen molar-refractivity contribution in [3.8, 4) is 0 Å². The van der Waals surface area contributed by atoms with E-state index in [4.69, 9.17) is 5.11 Å². The Hall–Kier alpha value is -2.77. The van der Waals surface area contributed by atoms with Crippen molar-refractivity contribution in [2.75, 3.05) is 5.01 Å². The second kappa shape index (κ2) is 5.08. The van der Waals surface area contributed by atoms with Gasteiger partial charge < -0.3 is 5.11 Å². The highest BCUT2D eigenvalue weighted by molar-refractivity contribution is 6.16. The first-order valence-electron chi connectivity index (χ1n) is 5.76. The van der Waals surface area contributed by atoms with Gasteiger partial charge in [0.1, 0.15) is 5.69 Å². The topological polar surface area (TPSA) is 113 Å². The lowest BCUT2D eigenvalue weighted by Crippen LogP contribution is -2.29. The molecule has 1 amide bonds. The summed E-state index contributed by atoms with van der Waals surface area (Å²) in [5.41, 5.74) is 0.110. The first-order chi connectivity index (χ1) is 9.41. The molecule has 1 aromatic rings. The van der Waals surface area contributed by atoms with Gasteiger partial charge in [-0.1, -0.05) is 12.1 Å². The summed E-state index contributed by atoms with van der Waals surface area (Å²) in [4.78, 5) is 33.2. The molecule has 0 aliphatic carbocycles. The van der Waals surface area contributed by atoms with E-state index >= 15 is 0 Å². The summed E-state index contributed by atoms with van der Waals surface area (Å²) in [5.74, 6) is -2.58. The molecule has 1 unspecified atom stereocenters. The van der Waals surface area contributed by atoms with E-state index in [0.29, 0.717) is 5.71 Å². The number of hydrogen-bond acceptors (Lipinski definition) is 5. The van der Waals surface area contributed by atoms with Crippen LogP contribution in [-0.4, -0.2) is 27.6 Å². The second-order valence-corrected chi connectivity index (χ2v) is 4.29. The van der Waals surface area contributed by atoms with Crippen molar-refractivity contribution in [3.05, 3.63) is 34.4 Å². The second-order valence-electron chi connectivity index (χ2n) is 4.29. The fourth-order valence-corrected chi connectivity index (χ4v) is 1.98. The van der Waals surface area contributed by atoms with Gasteiger partial charge in [0.15, 0.2) is 0 Å². The molecule has 8 heteroatoms. The predicted octanol–water partition coefficient (Wildman–Crippen LogP) is 1.41. The smallest absolute Gasteiger partial charge is 0.304 e. The number of hydrogen-bond donors (Lipinski definition) is 1. The molecule has 1 aliphatic heterocycles. The standard InChI is InChI=1S/C12H11N3O5/c1-7-8(6-11(16)17)12(18)14(13-7)9-4-2-3-5-10(9)15(19)20/h2-5,8H,6H2,1H3,(H,16,17). The van der Waals surface area contributed by atoms with Gasteiger partial charge in [-0.05, 0) is 13.0 Å². The molecule has 1 N–H and O–H groups in total. The maximum atomic E-state index is 12.2. The molecule has 2 rings (SSSR count). The maximum Gasteiger partial charge on any atom is 0.304 e. The molecular weight excluding hydrogens is 266 g/mol. The highest BCUT2D eigenvalue weighted by atomic mass is 16.6. The number of aliphatic carboxylic acids is 1. The molecule has 1 heterocycles. The van der Waals surface area contributed by atoms with Crippen LogP contribution in [-0.2, 0) is 9.59 Å². The zero-order valence-corrected chi connectivity index (χ0v) is 10.5. The molecule has 0 bridgehead atoms. The maximum absolute atomic E-state index is 12.2. The van der Waals surface area contributed by atoms with E-state index in [1.807, 2.05) is 0 Å². The Bertz CT molecular complexity index is 625. The highest BCUT2D eigenvalue weighted by Crippen LogP contribution is 2.32. The number of carboxylic acids is 1. The van der Waals surface area contributed by atoms with Crippen LogP contribution in [0.15, 0.2) is 29.4 Å². The van der Waals surface area contributed by atoms with Gasteiger partial charge in [0.25, 0.3) is 11.6 Å². The number of benzene rings is 1. The molecule has 1 atom stereocenters. The zero-order chi connectivity index (χ0) is 14.9. The van der Waals surface area contributed by atoms with E-state index in [9.17, 15) is 19.7 Å². The van der Waals surface area contributed by atoms with Crippen LogP contribution in [0.25, 0.3) is 0 Å². The van der Waals surface area contributed by atoms with E-state index in [-0.39, 0.29) is 17.8 Å². The first-order valence-corrected chi connectivity index (χ1v) is 5.76. The summed E-state index contributed by atoms with van der Waals surface area (Å²) in [6.07, 6.45) is -0.384. The third-order valence-electron chi connectivity index (χ3n) is 2.95. The first kappa shape index (κ1) is 13.7.